The highest BCUT2D eigenvalue weighted by Crippen LogP contribution is 2.31. The number of nitrogens with one attached hydrogen (secondary N) is 1. The summed E-state index contributed by atoms with van der Waals surface area (Å²) >= 11 is 1.12. The Labute approximate surface area is 211 Å². The van der Waals surface area contributed by atoms with E-state index in [9.17, 15) is 19.7 Å². The molecule has 0 bridgehead atoms. The van der Waals surface area contributed by atoms with Gasteiger partial charge in [-0.25, -0.2) is 4.98 Å². The molecular weight excluding hydrogens is 480 g/mol. The summed E-state index contributed by atoms with van der Waals surface area (Å²) in [5.41, 5.74) is 2.08. The summed E-state index contributed by atoms with van der Waals surface area (Å²) in [6.07, 6.45) is 0.866. The van der Waals surface area contributed by atoms with Crippen molar-refractivity contribution in [3.8, 4) is 11.4 Å². The third-order valence-electron chi connectivity index (χ3n) is 5.65. The predicted molar refractivity (Wildman–Crippen MR) is 140 cm³/mol. The van der Waals surface area contributed by atoms with Crippen LogP contribution in [-0.2, 0) is 11.2 Å². The van der Waals surface area contributed by atoms with Crippen molar-refractivity contribution in [1.82, 2.24) is 9.55 Å². The van der Waals surface area contributed by atoms with Crippen LogP contribution in [0.15, 0.2) is 76.7 Å². The maximum Gasteiger partial charge on any atom is 0.271 e. The summed E-state index contributed by atoms with van der Waals surface area (Å²) in [4.78, 5) is 41.8. The van der Waals surface area contributed by atoms with Crippen molar-refractivity contribution in [2.24, 2.45) is 0 Å². The van der Waals surface area contributed by atoms with Crippen LogP contribution < -0.4 is 15.6 Å². The van der Waals surface area contributed by atoms with E-state index >= 15 is 0 Å². The van der Waals surface area contributed by atoms with Crippen molar-refractivity contribution in [2.45, 2.75) is 30.7 Å². The summed E-state index contributed by atoms with van der Waals surface area (Å²) in [5, 5.41) is 14.0. The molecule has 9 nitrogen and oxygen atoms in total. The van der Waals surface area contributed by atoms with Gasteiger partial charge in [-0.05, 0) is 49.2 Å². The molecule has 3 aromatic carbocycles. The van der Waals surface area contributed by atoms with E-state index in [4.69, 9.17) is 4.74 Å². The van der Waals surface area contributed by atoms with Gasteiger partial charge in [0.15, 0.2) is 5.16 Å². The molecule has 0 spiro atoms. The molecule has 36 heavy (non-hydrogen) atoms. The van der Waals surface area contributed by atoms with Gasteiger partial charge in [0.1, 0.15) is 5.75 Å². The van der Waals surface area contributed by atoms with Gasteiger partial charge >= 0.3 is 0 Å². The standard InChI is InChI=1S/C26H24N4O5S/c1-4-17-9-11-18(12-10-17)29-25(32)20-7-5-6-8-21(20)28-26(29)36-16(2)24(31)27-22-15-19(30(33)34)13-14-23(22)35-3/h5-16H,4H2,1-3H3,(H,27,31). The highest BCUT2D eigenvalue weighted by atomic mass is 32.2. The van der Waals surface area contributed by atoms with Crippen molar-refractivity contribution in [3.05, 3.63) is 92.8 Å². The number of non-ortho nitro benzene ring substituents is 1. The second-order valence-electron chi connectivity index (χ2n) is 7.96. The Hall–Kier alpha value is -4.18. The fraction of sp³-hybridized carbons (Fsp3) is 0.192. The predicted octanol–water partition coefficient (Wildman–Crippen LogP) is 4.98. The van der Waals surface area contributed by atoms with Crippen LogP contribution in [0.4, 0.5) is 11.4 Å². The molecule has 0 fully saturated rings. The lowest BCUT2D eigenvalue weighted by Gasteiger charge is -2.17. The van der Waals surface area contributed by atoms with Gasteiger partial charge in [0.2, 0.25) is 5.91 Å². The van der Waals surface area contributed by atoms with Crippen LogP contribution in [0.1, 0.15) is 19.4 Å². The number of amides is 1. The Balaban J connectivity index is 1.70. The molecule has 0 radical (unpaired) electrons. The zero-order valence-corrected chi connectivity index (χ0v) is 20.7. The quantitative estimate of drug-likeness (QED) is 0.156. The number of aromatic nitrogens is 2. The third-order valence-corrected chi connectivity index (χ3v) is 6.70. The number of carbonyl (C=O) groups is 1. The average Bonchev–Trinajstić information content (AvgIpc) is 2.89. The number of hydrogen-bond acceptors (Lipinski definition) is 7. The van der Waals surface area contributed by atoms with E-state index in [0.29, 0.717) is 27.5 Å². The van der Waals surface area contributed by atoms with E-state index < -0.39 is 16.1 Å². The van der Waals surface area contributed by atoms with Crippen LogP contribution in [0.25, 0.3) is 16.6 Å². The third kappa shape index (κ3) is 5.08. The highest BCUT2D eigenvalue weighted by molar-refractivity contribution is 8.00. The van der Waals surface area contributed by atoms with Gasteiger partial charge in [0, 0.05) is 12.1 Å². The van der Waals surface area contributed by atoms with Gasteiger partial charge in [-0.15, -0.1) is 0 Å². The van der Waals surface area contributed by atoms with Gasteiger partial charge in [-0.3, -0.25) is 24.3 Å². The van der Waals surface area contributed by atoms with Crippen LogP contribution in [0.3, 0.4) is 0 Å². The number of carbonyl (C=O) groups excluding carboxylic acids is 1. The number of anilines is 1. The number of rotatable bonds is 8. The Bertz CT molecular complexity index is 1500. The van der Waals surface area contributed by atoms with E-state index in [-0.39, 0.29) is 16.9 Å². The number of methoxy groups -OCH3 is 1. The van der Waals surface area contributed by atoms with E-state index in [1.165, 1.54) is 29.9 Å². The number of ether oxygens (including phenoxy) is 1. The van der Waals surface area contributed by atoms with Crippen molar-refractivity contribution in [1.29, 1.82) is 0 Å². The molecule has 0 aliphatic rings. The molecule has 0 saturated heterocycles. The average molecular weight is 505 g/mol. The lowest BCUT2D eigenvalue weighted by atomic mass is 10.1. The van der Waals surface area contributed by atoms with Crippen molar-refractivity contribution < 1.29 is 14.5 Å². The van der Waals surface area contributed by atoms with Gasteiger partial charge in [0.05, 0.1) is 39.6 Å². The minimum Gasteiger partial charge on any atom is -0.495 e. The Morgan fingerprint density at radius 3 is 2.56 bits per heavy atom. The second-order valence-corrected chi connectivity index (χ2v) is 9.27. The molecule has 4 aromatic rings. The number of fused-ring (bicyclic) bond motifs is 1. The maximum absolute atomic E-state index is 13.5. The molecule has 184 valence electrons. The maximum atomic E-state index is 13.5. The number of hydrogen-bond donors (Lipinski definition) is 1. The van der Waals surface area contributed by atoms with Crippen molar-refractivity contribution in [3.63, 3.8) is 0 Å². The zero-order chi connectivity index (χ0) is 25.8. The molecule has 10 heteroatoms. The minimum atomic E-state index is -0.691. The van der Waals surface area contributed by atoms with Crippen LogP contribution in [0.2, 0.25) is 0 Å². The monoisotopic (exact) mass is 504 g/mol. The number of benzene rings is 3. The first-order valence-corrected chi connectivity index (χ1v) is 12.1. The molecule has 1 aromatic heterocycles. The number of para-hydroxylation sites is 1. The van der Waals surface area contributed by atoms with Crippen molar-refractivity contribution in [2.75, 3.05) is 12.4 Å². The largest absolute Gasteiger partial charge is 0.495 e. The molecule has 1 atom stereocenters. The van der Waals surface area contributed by atoms with Crippen LogP contribution >= 0.6 is 11.8 Å². The Morgan fingerprint density at radius 1 is 1.17 bits per heavy atom. The van der Waals surface area contributed by atoms with Crippen LogP contribution in [0.5, 0.6) is 5.75 Å². The number of nitrogens with zero attached hydrogens (tertiary/aromatic N) is 3. The topological polar surface area (TPSA) is 116 Å². The Kier molecular flexibility index (Phi) is 7.35. The summed E-state index contributed by atoms with van der Waals surface area (Å²) in [7, 11) is 1.41. The minimum absolute atomic E-state index is 0.174. The van der Waals surface area contributed by atoms with Crippen LogP contribution in [-0.4, -0.2) is 32.7 Å². The SMILES string of the molecule is CCc1ccc(-n2c(SC(C)C(=O)Nc3cc([N+](=O)[O-])ccc3OC)nc3ccccc3c2=O)cc1. The van der Waals surface area contributed by atoms with E-state index in [2.05, 4.69) is 17.2 Å². The first kappa shape index (κ1) is 24.9. The molecule has 0 aliphatic carbocycles. The molecule has 4 rings (SSSR count). The molecule has 1 amide bonds. The number of nitro benzene ring substituents is 1. The number of aryl methyl sites for hydroxylation is 1. The molecule has 1 heterocycles. The normalized spacial score (nSPS) is 11.8. The van der Waals surface area contributed by atoms with E-state index in [1.54, 1.807) is 31.2 Å². The summed E-state index contributed by atoms with van der Waals surface area (Å²) in [6.45, 7) is 3.73. The lowest BCUT2D eigenvalue weighted by Crippen LogP contribution is -2.26. The van der Waals surface area contributed by atoms with Gasteiger partial charge in [-0.1, -0.05) is 43.0 Å². The first-order chi connectivity index (χ1) is 17.3. The van der Waals surface area contributed by atoms with Gasteiger partial charge < -0.3 is 10.1 Å². The number of thioether (sulfide) groups is 1. The molecule has 0 saturated carbocycles. The molecule has 1 unspecified atom stereocenters. The second kappa shape index (κ2) is 10.6. The molecule has 1 N–H and O–H groups in total. The molecule has 0 aliphatic heterocycles. The van der Waals surface area contributed by atoms with Gasteiger partial charge in [-0.2, -0.15) is 0 Å². The Morgan fingerprint density at radius 2 is 1.89 bits per heavy atom. The fourth-order valence-corrected chi connectivity index (χ4v) is 4.58. The zero-order valence-electron chi connectivity index (χ0n) is 19.9. The summed E-state index contributed by atoms with van der Waals surface area (Å²) in [6, 6.07) is 18.7. The summed E-state index contributed by atoms with van der Waals surface area (Å²) in [5.74, 6) is -0.128. The van der Waals surface area contributed by atoms with E-state index in [0.717, 1.165) is 23.7 Å². The molecular formula is C26H24N4O5S. The van der Waals surface area contributed by atoms with Crippen molar-refractivity contribution >= 4 is 39.9 Å². The smallest absolute Gasteiger partial charge is 0.271 e. The van der Waals surface area contributed by atoms with E-state index in [1.807, 2.05) is 24.3 Å². The first-order valence-electron chi connectivity index (χ1n) is 11.2. The highest BCUT2D eigenvalue weighted by Gasteiger charge is 2.22. The van der Waals surface area contributed by atoms with Gasteiger partial charge in [0.25, 0.3) is 11.2 Å². The fourth-order valence-electron chi connectivity index (χ4n) is 3.65. The lowest BCUT2D eigenvalue weighted by molar-refractivity contribution is -0.384. The van der Waals surface area contributed by atoms with Crippen LogP contribution in [0, 0.1) is 10.1 Å². The number of nitro groups is 1. The summed E-state index contributed by atoms with van der Waals surface area (Å²) < 4.78 is 6.74.